The predicted octanol–water partition coefficient (Wildman–Crippen LogP) is 0.523. The van der Waals surface area contributed by atoms with Gasteiger partial charge in [-0.25, -0.2) is 15.0 Å². The lowest BCUT2D eigenvalue weighted by Crippen LogP contribution is -2.45. The minimum absolute atomic E-state index is 0.136. The molecule has 0 aromatic carbocycles. The number of aromatic nitrogens is 5. The van der Waals surface area contributed by atoms with E-state index < -0.39 is 0 Å². The van der Waals surface area contributed by atoms with E-state index in [1.54, 1.807) is 25.0 Å². The molecule has 0 bridgehead atoms. The molecule has 2 aromatic heterocycles. The molecule has 4 heterocycles. The highest BCUT2D eigenvalue weighted by Crippen LogP contribution is 2.34. The maximum Gasteiger partial charge on any atom is 0.225 e. The molecular weight excluding hydrogens is 296 g/mol. The van der Waals surface area contributed by atoms with Crippen molar-refractivity contribution in [1.29, 1.82) is 0 Å². The summed E-state index contributed by atoms with van der Waals surface area (Å²) in [6.45, 7) is 3.54. The van der Waals surface area contributed by atoms with Gasteiger partial charge in [0.1, 0.15) is 18.3 Å². The number of hydrogen-bond donors (Lipinski definition) is 0. The van der Waals surface area contributed by atoms with Gasteiger partial charge < -0.3 is 14.4 Å². The molecule has 2 saturated heterocycles. The minimum atomic E-state index is -0.291. The van der Waals surface area contributed by atoms with Crippen molar-refractivity contribution in [3.05, 3.63) is 31.1 Å². The Bertz CT molecular complexity index is 622. The van der Waals surface area contributed by atoms with E-state index in [2.05, 4.69) is 25.0 Å². The summed E-state index contributed by atoms with van der Waals surface area (Å²) in [4.78, 5) is 14.9. The molecular formula is C15H20N6O2. The average molecular weight is 316 g/mol. The van der Waals surface area contributed by atoms with Gasteiger partial charge in [0.15, 0.2) is 0 Å². The van der Waals surface area contributed by atoms with Gasteiger partial charge >= 0.3 is 0 Å². The Labute approximate surface area is 134 Å². The van der Waals surface area contributed by atoms with Crippen molar-refractivity contribution in [1.82, 2.24) is 24.7 Å². The number of ether oxygens (including phenoxy) is 2. The first-order chi connectivity index (χ1) is 11.3. The zero-order valence-corrected chi connectivity index (χ0v) is 12.9. The fraction of sp³-hybridized carbons (Fsp3) is 0.600. The second-order valence-electron chi connectivity index (χ2n) is 6.10. The van der Waals surface area contributed by atoms with Crippen LogP contribution in [0.4, 0.5) is 5.95 Å². The van der Waals surface area contributed by atoms with E-state index in [-0.39, 0.29) is 11.7 Å². The van der Waals surface area contributed by atoms with Gasteiger partial charge in [-0.15, -0.1) is 0 Å². The van der Waals surface area contributed by atoms with Crippen molar-refractivity contribution in [2.45, 2.75) is 31.1 Å². The summed E-state index contributed by atoms with van der Waals surface area (Å²) < 4.78 is 14.0. The lowest BCUT2D eigenvalue weighted by Gasteiger charge is -2.31. The summed E-state index contributed by atoms with van der Waals surface area (Å²) in [5.41, 5.74) is -0.291. The maximum atomic E-state index is 6.38. The zero-order valence-electron chi connectivity index (χ0n) is 12.9. The van der Waals surface area contributed by atoms with Crippen molar-refractivity contribution in [3.8, 4) is 0 Å². The fourth-order valence-corrected chi connectivity index (χ4v) is 3.31. The Balaban J connectivity index is 1.47. The van der Waals surface area contributed by atoms with Crippen molar-refractivity contribution in [2.75, 3.05) is 31.2 Å². The Hall–Kier alpha value is -2.06. The van der Waals surface area contributed by atoms with Crippen molar-refractivity contribution >= 4 is 5.95 Å². The molecule has 0 aliphatic carbocycles. The molecule has 0 unspecified atom stereocenters. The van der Waals surface area contributed by atoms with Crippen LogP contribution in [0.1, 0.15) is 12.8 Å². The third-order valence-corrected chi connectivity index (χ3v) is 4.38. The molecule has 0 saturated carbocycles. The molecule has 2 aliphatic heterocycles. The van der Waals surface area contributed by atoms with Crippen molar-refractivity contribution in [3.63, 3.8) is 0 Å². The summed E-state index contributed by atoms with van der Waals surface area (Å²) in [6, 6.07) is 1.83. The van der Waals surface area contributed by atoms with E-state index in [1.165, 1.54) is 0 Å². The van der Waals surface area contributed by atoms with Gasteiger partial charge in [-0.1, -0.05) is 0 Å². The average Bonchev–Trinajstić information content (AvgIpc) is 3.17. The van der Waals surface area contributed by atoms with Crippen molar-refractivity contribution in [2.24, 2.45) is 0 Å². The topological polar surface area (TPSA) is 78.2 Å². The predicted molar refractivity (Wildman–Crippen MR) is 81.9 cm³/mol. The molecule has 2 fully saturated rings. The molecule has 4 rings (SSSR count). The molecule has 0 N–H and O–H groups in total. The monoisotopic (exact) mass is 316 g/mol. The molecule has 8 nitrogen and oxygen atoms in total. The van der Waals surface area contributed by atoms with E-state index in [0.29, 0.717) is 13.2 Å². The lowest BCUT2D eigenvalue weighted by molar-refractivity contribution is -0.0807. The standard InChI is InChI=1S/C15H20N6O2/c1-4-17-14(18-5-1)20-6-7-22-10-15(9-20)3-2-13(23-15)8-21-12-16-11-19-21/h1,4-5,11-13H,2-3,6-10H2/t13-,15-/m0/s1. The highest BCUT2D eigenvalue weighted by atomic mass is 16.6. The molecule has 122 valence electrons. The summed E-state index contributed by atoms with van der Waals surface area (Å²) in [5.74, 6) is 0.737. The number of rotatable bonds is 3. The number of anilines is 1. The number of hydrogen-bond acceptors (Lipinski definition) is 7. The van der Waals surface area contributed by atoms with Gasteiger partial charge in [-0.3, -0.25) is 4.68 Å². The van der Waals surface area contributed by atoms with Gasteiger partial charge in [-0.05, 0) is 18.9 Å². The molecule has 2 aliphatic rings. The largest absolute Gasteiger partial charge is 0.377 e. The molecule has 8 heteroatoms. The van der Waals surface area contributed by atoms with Crippen LogP contribution < -0.4 is 4.90 Å². The quantitative estimate of drug-likeness (QED) is 0.817. The minimum Gasteiger partial charge on any atom is -0.377 e. The number of nitrogens with zero attached hydrogens (tertiary/aromatic N) is 6. The third-order valence-electron chi connectivity index (χ3n) is 4.38. The van der Waals surface area contributed by atoms with Crippen LogP contribution >= 0.6 is 0 Å². The first-order valence-electron chi connectivity index (χ1n) is 7.93. The Kier molecular flexibility index (Phi) is 3.92. The van der Waals surface area contributed by atoms with Crippen LogP contribution in [0, 0.1) is 0 Å². The van der Waals surface area contributed by atoms with E-state index >= 15 is 0 Å². The second kappa shape index (κ2) is 6.21. The highest BCUT2D eigenvalue weighted by Gasteiger charge is 2.43. The van der Waals surface area contributed by atoms with Crippen molar-refractivity contribution < 1.29 is 9.47 Å². The first-order valence-corrected chi connectivity index (χ1v) is 7.93. The van der Waals surface area contributed by atoms with Crippen LogP contribution in [0.25, 0.3) is 0 Å². The normalized spacial score (nSPS) is 28.2. The molecule has 23 heavy (non-hydrogen) atoms. The lowest BCUT2D eigenvalue weighted by atomic mass is 10.0. The van der Waals surface area contributed by atoms with E-state index in [1.807, 2.05) is 10.7 Å². The van der Waals surface area contributed by atoms with Crippen LogP contribution in [0.15, 0.2) is 31.1 Å². The van der Waals surface area contributed by atoms with Crippen LogP contribution in [-0.2, 0) is 16.0 Å². The third kappa shape index (κ3) is 3.18. The van der Waals surface area contributed by atoms with Gasteiger partial charge in [0, 0.05) is 18.9 Å². The van der Waals surface area contributed by atoms with Gasteiger partial charge in [-0.2, -0.15) is 5.10 Å². The molecule has 1 spiro atoms. The maximum absolute atomic E-state index is 6.38. The molecule has 0 amide bonds. The second-order valence-corrected chi connectivity index (χ2v) is 6.10. The molecule has 2 atom stereocenters. The van der Waals surface area contributed by atoms with Crippen LogP contribution in [-0.4, -0.2) is 62.7 Å². The van der Waals surface area contributed by atoms with E-state index in [4.69, 9.17) is 9.47 Å². The fourth-order valence-electron chi connectivity index (χ4n) is 3.31. The van der Waals surface area contributed by atoms with E-state index in [0.717, 1.165) is 38.4 Å². The Morgan fingerprint density at radius 3 is 3.04 bits per heavy atom. The summed E-state index contributed by atoms with van der Waals surface area (Å²) in [5, 5.41) is 4.16. The van der Waals surface area contributed by atoms with Gasteiger partial charge in [0.2, 0.25) is 5.95 Å². The summed E-state index contributed by atoms with van der Waals surface area (Å²) in [6.07, 6.45) is 8.91. The summed E-state index contributed by atoms with van der Waals surface area (Å²) in [7, 11) is 0. The molecule has 0 radical (unpaired) electrons. The summed E-state index contributed by atoms with van der Waals surface area (Å²) >= 11 is 0. The highest BCUT2D eigenvalue weighted by molar-refractivity contribution is 5.30. The van der Waals surface area contributed by atoms with Crippen LogP contribution in [0.3, 0.4) is 0 Å². The first kappa shape index (κ1) is 14.5. The SMILES string of the molecule is c1cnc(N2CCOC[C@]3(CC[C@@H](Cn4cncn4)O3)C2)nc1. The van der Waals surface area contributed by atoms with Gasteiger partial charge in [0.05, 0.1) is 32.4 Å². The van der Waals surface area contributed by atoms with Crippen LogP contribution in [0.5, 0.6) is 0 Å². The molecule has 2 aromatic rings. The van der Waals surface area contributed by atoms with Crippen LogP contribution in [0.2, 0.25) is 0 Å². The Morgan fingerprint density at radius 2 is 2.22 bits per heavy atom. The zero-order chi connectivity index (χ0) is 15.5. The smallest absolute Gasteiger partial charge is 0.225 e. The van der Waals surface area contributed by atoms with E-state index in [9.17, 15) is 0 Å². The Morgan fingerprint density at radius 1 is 1.30 bits per heavy atom. The van der Waals surface area contributed by atoms with Gasteiger partial charge in [0.25, 0.3) is 0 Å².